The van der Waals surface area contributed by atoms with Gasteiger partial charge in [-0.2, -0.15) is 0 Å². The van der Waals surface area contributed by atoms with Crippen LogP contribution in [0.15, 0.2) is 53.6 Å². The predicted octanol–water partition coefficient (Wildman–Crippen LogP) is 4.58. The van der Waals surface area contributed by atoms with Gasteiger partial charge in [0.15, 0.2) is 11.2 Å². The number of rotatable bonds is 2. The number of aromatic nitrogens is 4. The van der Waals surface area contributed by atoms with Crippen LogP contribution in [-0.2, 0) is 0 Å². The SMILES string of the molecule is O=c1cc[nH]c2nc(C3CCCCC3)c(-c3ccc4ncccc4c3)nc12. The molecule has 0 radical (unpaired) electrons. The Hall–Kier alpha value is -3.08. The molecule has 0 atom stereocenters. The van der Waals surface area contributed by atoms with Gasteiger partial charge in [0.05, 0.1) is 16.9 Å². The van der Waals surface area contributed by atoms with E-state index in [0.29, 0.717) is 17.1 Å². The van der Waals surface area contributed by atoms with Crippen molar-refractivity contribution < 1.29 is 0 Å². The fourth-order valence-electron chi connectivity index (χ4n) is 4.09. The molecule has 0 bridgehead atoms. The molecule has 0 aliphatic heterocycles. The van der Waals surface area contributed by atoms with Crippen LogP contribution in [0.5, 0.6) is 0 Å². The lowest BCUT2D eigenvalue weighted by Crippen LogP contribution is -2.13. The number of hydrogen-bond acceptors (Lipinski definition) is 4. The van der Waals surface area contributed by atoms with Crippen molar-refractivity contribution in [3.8, 4) is 11.3 Å². The molecular formula is C22H20N4O. The molecule has 4 aromatic rings. The standard InChI is InChI=1S/C22H20N4O/c27-18-10-12-24-22-21(18)25-20(19(26-22)14-5-2-1-3-6-14)16-8-9-17-15(13-16)7-4-11-23-17/h4,7-14H,1-3,5-6H2,(H,24,26,27). The molecule has 5 rings (SSSR count). The van der Waals surface area contributed by atoms with Crippen molar-refractivity contribution in [3.05, 3.63) is 64.7 Å². The summed E-state index contributed by atoms with van der Waals surface area (Å²) in [6.45, 7) is 0. The first-order chi connectivity index (χ1) is 13.3. The molecule has 1 saturated carbocycles. The van der Waals surface area contributed by atoms with Gasteiger partial charge in [-0.1, -0.05) is 31.4 Å². The molecular weight excluding hydrogens is 336 g/mol. The summed E-state index contributed by atoms with van der Waals surface area (Å²) in [7, 11) is 0. The molecule has 5 heteroatoms. The van der Waals surface area contributed by atoms with Crippen molar-refractivity contribution in [2.45, 2.75) is 38.0 Å². The predicted molar refractivity (Wildman–Crippen MR) is 107 cm³/mol. The Balaban J connectivity index is 1.76. The molecule has 1 aromatic carbocycles. The van der Waals surface area contributed by atoms with Crippen LogP contribution in [0.2, 0.25) is 0 Å². The second kappa shape index (κ2) is 6.58. The van der Waals surface area contributed by atoms with E-state index >= 15 is 0 Å². The molecule has 0 saturated heterocycles. The first-order valence-electron chi connectivity index (χ1n) is 9.54. The third-order valence-corrected chi connectivity index (χ3v) is 5.48. The van der Waals surface area contributed by atoms with Crippen molar-refractivity contribution in [1.29, 1.82) is 0 Å². The fraction of sp³-hybridized carbons (Fsp3) is 0.273. The number of aromatic amines is 1. The molecule has 1 fully saturated rings. The Bertz CT molecular complexity index is 1190. The van der Waals surface area contributed by atoms with Crippen LogP contribution in [0.3, 0.4) is 0 Å². The highest BCUT2D eigenvalue weighted by atomic mass is 16.1. The molecule has 27 heavy (non-hydrogen) atoms. The normalized spacial score (nSPS) is 15.4. The van der Waals surface area contributed by atoms with E-state index in [4.69, 9.17) is 9.97 Å². The molecule has 1 N–H and O–H groups in total. The van der Waals surface area contributed by atoms with E-state index in [1.165, 1.54) is 25.3 Å². The highest BCUT2D eigenvalue weighted by Gasteiger charge is 2.23. The number of pyridine rings is 2. The van der Waals surface area contributed by atoms with Crippen molar-refractivity contribution >= 4 is 22.1 Å². The largest absolute Gasteiger partial charge is 0.345 e. The number of nitrogens with one attached hydrogen (secondary N) is 1. The Morgan fingerprint density at radius 1 is 1.00 bits per heavy atom. The summed E-state index contributed by atoms with van der Waals surface area (Å²) in [5.41, 5.74) is 4.66. The summed E-state index contributed by atoms with van der Waals surface area (Å²) in [6.07, 6.45) is 9.41. The van der Waals surface area contributed by atoms with Crippen LogP contribution >= 0.6 is 0 Å². The van der Waals surface area contributed by atoms with Crippen molar-refractivity contribution in [1.82, 2.24) is 19.9 Å². The molecule has 0 amide bonds. The summed E-state index contributed by atoms with van der Waals surface area (Å²) >= 11 is 0. The minimum Gasteiger partial charge on any atom is -0.345 e. The van der Waals surface area contributed by atoms with Crippen molar-refractivity contribution in [2.75, 3.05) is 0 Å². The smallest absolute Gasteiger partial charge is 0.209 e. The van der Waals surface area contributed by atoms with Gasteiger partial charge in [0.1, 0.15) is 0 Å². The van der Waals surface area contributed by atoms with E-state index in [1.807, 2.05) is 24.3 Å². The maximum Gasteiger partial charge on any atom is 0.209 e. The summed E-state index contributed by atoms with van der Waals surface area (Å²) in [5.74, 6) is 0.388. The van der Waals surface area contributed by atoms with Crippen molar-refractivity contribution in [2.24, 2.45) is 0 Å². The van der Waals surface area contributed by atoms with E-state index in [-0.39, 0.29) is 5.43 Å². The van der Waals surface area contributed by atoms with Gasteiger partial charge in [0.25, 0.3) is 0 Å². The Morgan fingerprint density at radius 2 is 1.89 bits per heavy atom. The Labute approximate surface area is 156 Å². The van der Waals surface area contributed by atoms with Gasteiger partial charge >= 0.3 is 0 Å². The molecule has 1 aliphatic carbocycles. The summed E-state index contributed by atoms with van der Waals surface area (Å²) in [5, 5.41) is 1.06. The van der Waals surface area contributed by atoms with E-state index < -0.39 is 0 Å². The monoisotopic (exact) mass is 356 g/mol. The zero-order valence-electron chi connectivity index (χ0n) is 15.0. The van der Waals surface area contributed by atoms with Gasteiger partial charge in [0.2, 0.25) is 5.43 Å². The molecule has 3 heterocycles. The van der Waals surface area contributed by atoms with Gasteiger partial charge < -0.3 is 4.98 Å². The summed E-state index contributed by atoms with van der Waals surface area (Å²) in [6, 6.07) is 11.6. The zero-order valence-corrected chi connectivity index (χ0v) is 15.0. The van der Waals surface area contributed by atoms with E-state index in [2.05, 4.69) is 16.0 Å². The van der Waals surface area contributed by atoms with Crippen LogP contribution in [-0.4, -0.2) is 19.9 Å². The van der Waals surface area contributed by atoms with E-state index in [9.17, 15) is 4.79 Å². The van der Waals surface area contributed by atoms with Gasteiger partial charge in [0, 0.05) is 35.3 Å². The van der Waals surface area contributed by atoms with Crippen LogP contribution in [0, 0.1) is 0 Å². The van der Waals surface area contributed by atoms with E-state index in [1.54, 1.807) is 12.4 Å². The number of fused-ring (bicyclic) bond motifs is 2. The molecule has 3 aromatic heterocycles. The lowest BCUT2D eigenvalue weighted by Gasteiger charge is -2.23. The second-order valence-electron chi connectivity index (χ2n) is 7.24. The fourth-order valence-corrected chi connectivity index (χ4v) is 4.09. The number of hydrogen-bond donors (Lipinski definition) is 1. The Kier molecular flexibility index (Phi) is 3.93. The second-order valence-corrected chi connectivity index (χ2v) is 7.24. The number of H-pyrrole nitrogens is 1. The lowest BCUT2D eigenvalue weighted by molar-refractivity contribution is 0.437. The first kappa shape index (κ1) is 16.1. The number of benzene rings is 1. The maximum atomic E-state index is 12.3. The third-order valence-electron chi connectivity index (χ3n) is 5.48. The summed E-state index contributed by atoms with van der Waals surface area (Å²) in [4.78, 5) is 29.5. The lowest BCUT2D eigenvalue weighted by atomic mass is 9.85. The van der Waals surface area contributed by atoms with Crippen LogP contribution in [0.25, 0.3) is 33.3 Å². The molecule has 5 nitrogen and oxygen atoms in total. The van der Waals surface area contributed by atoms with Gasteiger partial charge in [-0.05, 0) is 31.0 Å². The van der Waals surface area contributed by atoms with Crippen molar-refractivity contribution in [3.63, 3.8) is 0 Å². The quantitative estimate of drug-likeness (QED) is 0.570. The average Bonchev–Trinajstić information content (AvgIpc) is 2.73. The molecule has 1 aliphatic rings. The first-order valence-corrected chi connectivity index (χ1v) is 9.54. The average molecular weight is 356 g/mol. The molecule has 0 unspecified atom stereocenters. The van der Waals surface area contributed by atoms with Gasteiger partial charge in [-0.3, -0.25) is 9.78 Å². The minimum absolute atomic E-state index is 0.102. The summed E-state index contributed by atoms with van der Waals surface area (Å²) < 4.78 is 0. The minimum atomic E-state index is -0.102. The third kappa shape index (κ3) is 2.89. The maximum absolute atomic E-state index is 12.3. The van der Waals surface area contributed by atoms with Crippen LogP contribution < -0.4 is 5.43 Å². The van der Waals surface area contributed by atoms with Crippen LogP contribution in [0.4, 0.5) is 0 Å². The molecule has 134 valence electrons. The molecule has 0 spiro atoms. The zero-order chi connectivity index (χ0) is 18.2. The highest BCUT2D eigenvalue weighted by Crippen LogP contribution is 2.37. The highest BCUT2D eigenvalue weighted by molar-refractivity contribution is 5.85. The Morgan fingerprint density at radius 3 is 2.78 bits per heavy atom. The van der Waals surface area contributed by atoms with E-state index in [0.717, 1.165) is 40.7 Å². The number of nitrogens with zero attached hydrogens (tertiary/aromatic N) is 3. The topological polar surface area (TPSA) is 71.5 Å². The van der Waals surface area contributed by atoms with Gasteiger partial charge in [-0.15, -0.1) is 0 Å². The van der Waals surface area contributed by atoms with Crippen LogP contribution in [0.1, 0.15) is 43.7 Å². The van der Waals surface area contributed by atoms with Gasteiger partial charge in [-0.25, -0.2) is 9.97 Å².